The van der Waals surface area contributed by atoms with Crippen molar-refractivity contribution in [2.24, 2.45) is 0 Å². The molecule has 1 aliphatic heterocycles. The van der Waals surface area contributed by atoms with Crippen LogP contribution in [0.15, 0.2) is 42.5 Å². The highest BCUT2D eigenvalue weighted by atomic mass is 19.1. The SMILES string of the molecule is COc1cc(F)ccc1C(c1ccc(F)cc1)N1C[C@H](C)NC[C@H]1C. The molecule has 0 amide bonds. The van der Waals surface area contributed by atoms with Crippen LogP contribution >= 0.6 is 0 Å². The molecule has 25 heavy (non-hydrogen) atoms. The molecule has 3 nitrogen and oxygen atoms in total. The first-order valence-electron chi connectivity index (χ1n) is 8.57. The number of nitrogens with zero attached hydrogens (tertiary/aromatic N) is 1. The van der Waals surface area contributed by atoms with E-state index >= 15 is 0 Å². The van der Waals surface area contributed by atoms with Gasteiger partial charge in [-0.2, -0.15) is 0 Å². The monoisotopic (exact) mass is 346 g/mol. The van der Waals surface area contributed by atoms with Crippen molar-refractivity contribution in [2.45, 2.75) is 32.0 Å². The molecule has 2 aromatic rings. The highest BCUT2D eigenvalue weighted by molar-refractivity contribution is 5.42. The van der Waals surface area contributed by atoms with Crippen molar-refractivity contribution in [1.82, 2.24) is 10.2 Å². The van der Waals surface area contributed by atoms with Gasteiger partial charge < -0.3 is 10.1 Å². The van der Waals surface area contributed by atoms with Crippen LogP contribution in [0.25, 0.3) is 0 Å². The van der Waals surface area contributed by atoms with Crippen molar-refractivity contribution in [1.29, 1.82) is 0 Å². The Hall–Kier alpha value is -1.98. The lowest BCUT2D eigenvalue weighted by molar-refractivity contribution is 0.111. The van der Waals surface area contributed by atoms with E-state index in [0.29, 0.717) is 11.8 Å². The van der Waals surface area contributed by atoms with Crippen molar-refractivity contribution < 1.29 is 13.5 Å². The molecular weight excluding hydrogens is 322 g/mol. The molecule has 0 radical (unpaired) electrons. The van der Waals surface area contributed by atoms with Crippen molar-refractivity contribution in [3.63, 3.8) is 0 Å². The van der Waals surface area contributed by atoms with Gasteiger partial charge in [-0.25, -0.2) is 8.78 Å². The molecule has 0 aliphatic carbocycles. The number of hydrogen-bond donors (Lipinski definition) is 1. The Balaban J connectivity index is 2.10. The third kappa shape index (κ3) is 3.83. The lowest BCUT2D eigenvalue weighted by Gasteiger charge is -2.43. The van der Waals surface area contributed by atoms with E-state index < -0.39 is 0 Å². The van der Waals surface area contributed by atoms with E-state index in [2.05, 4.69) is 24.1 Å². The average Bonchev–Trinajstić information content (AvgIpc) is 2.60. The third-order valence-corrected chi connectivity index (χ3v) is 4.82. The average molecular weight is 346 g/mol. The van der Waals surface area contributed by atoms with Crippen LogP contribution in [0, 0.1) is 11.6 Å². The number of piperazine rings is 1. The van der Waals surface area contributed by atoms with Gasteiger partial charge in [0.05, 0.1) is 13.2 Å². The third-order valence-electron chi connectivity index (χ3n) is 4.82. The van der Waals surface area contributed by atoms with Gasteiger partial charge in [-0.15, -0.1) is 0 Å². The zero-order valence-electron chi connectivity index (χ0n) is 14.8. The molecule has 1 saturated heterocycles. The number of rotatable bonds is 4. The minimum atomic E-state index is -0.333. The molecule has 0 saturated carbocycles. The molecule has 1 N–H and O–H groups in total. The first-order valence-corrected chi connectivity index (χ1v) is 8.57. The zero-order chi connectivity index (χ0) is 18.0. The first kappa shape index (κ1) is 17.8. The van der Waals surface area contributed by atoms with E-state index in [4.69, 9.17) is 4.74 Å². The predicted molar refractivity (Wildman–Crippen MR) is 94.8 cm³/mol. The Bertz CT molecular complexity index is 720. The Morgan fingerprint density at radius 3 is 2.44 bits per heavy atom. The molecule has 2 aromatic carbocycles. The Kier molecular flexibility index (Phi) is 5.35. The second-order valence-electron chi connectivity index (χ2n) is 6.70. The number of hydrogen-bond acceptors (Lipinski definition) is 3. The number of ether oxygens (including phenoxy) is 1. The summed E-state index contributed by atoms with van der Waals surface area (Å²) < 4.78 is 32.6. The summed E-state index contributed by atoms with van der Waals surface area (Å²) in [7, 11) is 1.55. The smallest absolute Gasteiger partial charge is 0.126 e. The fraction of sp³-hybridized carbons (Fsp3) is 0.400. The fourth-order valence-electron chi connectivity index (χ4n) is 3.52. The minimum Gasteiger partial charge on any atom is -0.496 e. The molecule has 3 atom stereocenters. The van der Waals surface area contributed by atoms with Gasteiger partial charge >= 0.3 is 0 Å². The van der Waals surface area contributed by atoms with Gasteiger partial charge in [0.15, 0.2) is 0 Å². The van der Waals surface area contributed by atoms with Crippen molar-refractivity contribution >= 4 is 0 Å². The van der Waals surface area contributed by atoms with Crippen LogP contribution in [-0.4, -0.2) is 37.2 Å². The van der Waals surface area contributed by atoms with E-state index in [1.165, 1.54) is 24.3 Å². The van der Waals surface area contributed by atoms with Gasteiger partial charge in [0, 0.05) is 36.8 Å². The summed E-state index contributed by atoms with van der Waals surface area (Å²) in [6, 6.07) is 11.6. The quantitative estimate of drug-likeness (QED) is 0.913. The van der Waals surface area contributed by atoms with Gasteiger partial charge in [-0.3, -0.25) is 4.90 Å². The normalized spacial score (nSPS) is 22.6. The van der Waals surface area contributed by atoms with E-state index in [9.17, 15) is 8.78 Å². The van der Waals surface area contributed by atoms with Gasteiger partial charge in [0.1, 0.15) is 17.4 Å². The maximum atomic E-state index is 13.7. The highest BCUT2D eigenvalue weighted by Gasteiger charge is 2.32. The van der Waals surface area contributed by atoms with E-state index in [0.717, 1.165) is 24.2 Å². The summed E-state index contributed by atoms with van der Waals surface area (Å²) >= 11 is 0. The van der Waals surface area contributed by atoms with Gasteiger partial charge in [0.2, 0.25) is 0 Å². The highest BCUT2D eigenvalue weighted by Crippen LogP contribution is 2.37. The second kappa shape index (κ2) is 7.50. The Morgan fingerprint density at radius 1 is 1.08 bits per heavy atom. The predicted octanol–water partition coefficient (Wildman–Crippen LogP) is 3.75. The molecule has 1 aliphatic rings. The van der Waals surface area contributed by atoms with Crippen LogP contribution in [0.3, 0.4) is 0 Å². The van der Waals surface area contributed by atoms with Crippen LogP contribution in [-0.2, 0) is 0 Å². The topological polar surface area (TPSA) is 24.5 Å². The number of nitrogens with one attached hydrogen (secondary N) is 1. The molecule has 3 rings (SSSR count). The summed E-state index contributed by atoms with van der Waals surface area (Å²) in [5.74, 6) is -0.0943. The maximum Gasteiger partial charge on any atom is 0.126 e. The molecule has 134 valence electrons. The van der Waals surface area contributed by atoms with Crippen molar-refractivity contribution in [3.05, 3.63) is 65.2 Å². The maximum absolute atomic E-state index is 13.7. The summed E-state index contributed by atoms with van der Waals surface area (Å²) in [5.41, 5.74) is 1.85. The summed E-state index contributed by atoms with van der Waals surface area (Å²) in [6.07, 6.45) is 0. The molecule has 5 heteroatoms. The standard InChI is InChI=1S/C20H24F2N2O/c1-13-12-24(14(2)11-23-13)20(15-4-6-16(21)7-5-15)18-9-8-17(22)10-19(18)25-3/h4-10,13-14,20,23H,11-12H2,1-3H3/t13-,14+,20?/m0/s1. The van der Waals surface area contributed by atoms with Crippen LogP contribution in [0.2, 0.25) is 0 Å². The van der Waals surface area contributed by atoms with E-state index in [-0.39, 0.29) is 23.7 Å². The van der Waals surface area contributed by atoms with Crippen LogP contribution in [0.5, 0.6) is 5.75 Å². The fourth-order valence-corrected chi connectivity index (χ4v) is 3.52. The van der Waals surface area contributed by atoms with Crippen LogP contribution in [0.1, 0.15) is 31.0 Å². The lowest BCUT2D eigenvalue weighted by Crippen LogP contribution is -2.55. The molecule has 1 fully saturated rings. The Labute approximate surface area is 147 Å². The van der Waals surface area contributed by atoms with Crippen molar-refractivity contribution in [2.75, 3.05) is 20.2 Å². The summed E-state index contributed by atoms with van der Waals surface area (Å²) in [5, 5.41) is 3.47. The lowest BCUT2D eigenvalue weighted by atomic mass is 9.93. The first-order chi connectivity index (χ1) is 12.0. The Morgan fingerprint density at radius 2 is 1.76 bits per heavy atom. The molecule has 0 aromatic heterocycles. The minimum absolute atomic E-state index is 0.129. The molecule has 0 spiro atoms. The molecule has 1 unspecified atom stereocenters. The van der Waals surface area contributed by atoms with Gasteiger partial charge in [-0.1, -0.05) is 18.2 Å². The van der Waals surface area contributed by atoms with Crippen LogP contribution in [0.4, 0.5) is 8.78 Å². The number of benzene rings is 2. The van der Waals surface area contributed by atoms with Crippen LogP contribution < -0.4 is 10.1 Å². The zero-order valence-corrected chi connectivity index (χ0v) is 14.8. The molecule has 1 heterocycles. The van der Waals surface area contributed by atoms with Crippen molar-refractivity contribution in [3.8, 4) is 5.75 Å². The number of methoxy groups -OCH3 is 1. The van der Waals surface area contributed by atoms with E-state index in [1.54, 1.807) is 25.3 Å². The second-order valence-corrected chi connectivity index (χ2v) is 6.70. The summed E-state index contributed by atoms with van der Waals surface area (Å²) in [6.45, 7) is 6.00. The number of halogens is 2. The molecule has 0 bridgehead atoms. The van der Waals surface area contributed by atoms with Gasteiger partial charge in [0.25, 0.3) is 0 Å². The molecular formula is C20H24F2N2O. The van der Waals surface area contributed by atoms with Gasteiger partial charge in [-0.05, 0) is 37.6 Å². The summed E-state index contributed by atoms with van der Waals surface area (Å²) in [4.78, 5) is 2.37. The van der Waals surface area contributed by atoms with E-state index in [1.807, 2.05) is 0 Å². The largest absolute Gasteiger partial charge is 0.496 e.